The number of hydrogen-bond donors (Lipinski definition) is 1. The minimum atomic E-state index is 0.575. The first-order valence-electron chi connectivity index (χ1n) is 6.61. The number of halogens is 1. The molecule has 104 valence electrons. The van der Waals surface area contributed by atoms with Gasteiger partial charge in [0.2, 0.25) is 0 Å². The average Bonchev–Trinajstić information content (AvgIpc) is 2.48. The zero-order valence-corrected chi connectivity index (χ0v) is 12.8. The first-order valence-corrected chi connectivity index (χ1v) is 7.40. The summed E-state index contributed by atoms with van der Waals surface area (Å²) in [6.45, 7) is 4.15. The summed E-state index contributed by atoms with van der Waals surface area (Å²) in [5, 5.41) is 3.29. The number of aromatic nitrogens is 3. The van der Waals surface area contributed by atoms with E-state index in [9.17, 15) is 0 Å². The van der Waals surface area contributed by atoms with Crippen molar-refractivity contribution in [2.75, 3.05) is 18.5 Å². The monoisotopic (exact) mass is 334 g/mol. The molecule has 1 aliphatic rings. The van der Waals surface area contributed by atoms with Gasteiger partial charge in [-0.05, 0) is 35.0 Å². The quantitative estimate of drug-likeness (QED) is 0.935. The predicted molar refractivity (Wildman–Crippen MR) is 80.5 cm³/mol. The van der Waals surface area contributed by atoms with Gasteiger partial charge < -0.3 is 10.1 Å². The predicted octanol–water partition coefficient (Wildman–Crippen LogP) is 2.81. The van der Waals surface area contributed by atoms with Gasteiger partial charge in [-0.25, -0.2) is 9.97 Å². The van der Waals surface area contributed by atoms with Crippen LogP contribution in [-0.2, 0) is 17.8 Å². The third-order valence-corrected chi connectivity index (χ3v) is 3.59. The molecular weight excluding hydrogens is 320 g/mol. The maximum absolute atomic E-state index is 5.50. The lowest BCUT2D eigenvalue weighted by atomic mass is 10.1. The molecule has 20 heavy (non-hydrogen) atoms. The third kappa shape index (κ3) is 2.66. The molecule has 0 spiro atoms. The maximum atomic E-state index is 5.50. The van der Waals surface area contributed by atoms with Crippen LogP contribution in [0.25, 0.3) is 11.5 Å². The van der Waals surface area contributed by atoms with Gasteiger partial charge in [0.05, 0.1) is 18.9 Å². The number of anilines is 1. The van der Waals surface area contributed by atoms with E-state index in [4.69, 9.17) is 4.74 Å². The Morgan fingerprint density at radius 3 is 3.00 bits per heavy atom. The number of nitrogens with zero attached hydrogens (tertiary/aromatic N) is 3. The second-order valence-corrected chi connectivity index (χ2v) is 5.43. The molecule has 2 aromatic heterocycles. The van der Waals surface area contributed by atoms with Crippen molar-refractivity contribution < 1.29 is 4.74 Å². The number of hydrogen-bond acceptors (Lipinski definition) is 5. The SMILES string of the molecule is CCNc1nc(-c2ccc(Br)cn2)nc2c1COCC2. The van der Waals surface area contributed by atoms with E-state index >= 15 is 0 Å². The summed E-state index contributed by atoms with van der Waals surface area (Å²) in [7, 11) is 0. The molecule has 0 saturated heterocycles. The van der Waals surface area contributed by atoms with Crippen LogP contribution in [-0.4, -0.2) is 28.1 Å². The van der Waals surface area contributed by atoms with Gasteiger partial charge >= 0.3 is 0 Å². The van der Waals surface area contributed by atoms with Crippen molar-refractivity contribution in [2.45, 2.75) is 20.0 Å². The fourth-order valence-electron chi connectivity index (χ4n) is 2.17. The Labute approximate surface area is 125 Å². The number of pyridine rings is 1. The van der Waals surface area contributed by atoms with Crippen LogP contribution in [0.15, 0.2) is 22.8 Å². The largest absolute Gasteiger partial charge is 0.376 e. The minimum absolute atomic E-state index is 0.575. The zero-order valence-electron chi connectivity index (χ0n) is 11.2. The first-order chi connectivity index (χ1) is 9.78. The van der Waals surface area contributed by atoms with Crippen LogP contribution in [0.1, 0.15) is 18.2 Å². The summed E-state index contributed by atoms with van der Waals surface area (Å²) < 4.78 is 6.45. The normalized spacial score (nSPS) is 13.9. The molecule has 0 saturated carbocycles. The molecule has 0 aromatic carbocycles. The first kappa shape index (κ1) is 13.5. The molecular formula is C14H15BrN4O. The highest BCUT2D eigenvalue weighted by atomic mass is 79.9. The van der Waals surface area contributed by atoms with Crippen LogP contribution in [0.2, 0.25) is 0 Å². The summed E-state index contributed by atoms with van der Waals surface area (Å²) in [5.74, 6) is 1.52. The van der Waals surface area contributed by atoms with E-state index in [0.717, 1.165) is 40.2 Å². The van der Waals surface area contributed by atoms with E-state index in [-0.39, 0.29) is 0 Å². The molecule has 0 unspecified atom stereocenters. The fourth-order valence-corrected chi connectivity index (χ4v) is 2.40. The molecule has 3 rings (SSSR count). The summed E-state index contributed by atoms with van der Waals surface area (Å²) in [6, 6.07) is 3.86. The lowest BCUT2D eigenvalue weighted by molar-refractivity contribution is 0.109. The van der Waals surface area contributed by atoms with Crippen molar-refractivity contribution in [1.29, 1.82) is 0 Å². The van der Waals surface area contributed by atoms with E-state index in [1.807, 2.05) is 12.1 Å². The Balaban J connectivity index is 2.07. The summed E-state index contributed by atoms with van der Waals surface area (Å²) in [6.07, 6.45) is 2.58. The maximum Gasteiger partial charge on any atom is 0.180 e. The number of fused-ring (bicyclic) bond motifs is 1. The summed E-state index contributed by atoms with van der Waals surface area (Å²) >= 11 is 3.39. The molecule has 0 radical (unpaired) electrons. The van der Waals surface area contributed by atoms with Crippen LogP contribution in [0.5, 0.6) is 0 Å². The van der Waals surface area contributed by atoms with Gasteiger partial charge in [-0.2, -0.15) is 0 Å². The van der Waals surface area contributed by atoms with Crippen LogP contribution < -0.4 is 5.32 Å². The Hall–Kier alpha value is -1.53. The highest BCUT2D eigenvalue weighted by Crippen LogP contribution is 2.25. The highest BCUT2D eigenvalue weighted by molar-refractivity contribution is 9.10. The van der Waals surface area contributed by atoms with Crippen molar-refractivity contribution in [2.24, 2.45) is 0 Å². The standard InChI is InChI=1S/C14H15BrN4O/c1-2-16-13-10-8-20-6-5-11(10)18-14(19-13)12-4-3-9(15)7-17-12/h3-4,7H,2,5-6,8H2,1H3,(H,16,18,19). The van der Waals surface area contributed by atoms with Crippen LogP contribution in [0.3, 0.4) is 0 Å². The fraction of sp³-hybridized carbons (Fsp3) is 0.357. The zero-order chi connectivity index (χ0) is 13.9. The highest BCUT2D eigenvalue weighted by Gasteiger charge is 2.18. The number of ether oxygens (including phenoxy) is 1. The van der Waals surface area contributed by atoms with Gasteiger partial charge in [-0.3, -0.25) is 4.98 Å². The molecule has 2 aromatic rings. The van der Waals surface area contributed by atoms with Crippen molar-refractivity contribution >= 4 is 21.7 Å². The van der Waals surface area contributed by atoms with E-state index in [0.29, 0.717) is 19.0 Å². The van der Waals surface area contributed by atoms with Gasteiger partial charge in [0.25, 0.3) is 0 Å². The summed E-state index contributed by atoms with van der Waals surface area (Å²) in [5.41, 5.74) is 2.91. The van der Waals surface area contributed by atoms with E-state index < -0.39 is 0 Å². The number of rotatable bonds is 3. The molecule has 5 nitrogen and oxygen atoms in total. The summed E-state index contributed by atoms with van der Waals surface area (Å²) in [4.78, 5) is 13.6. The Morgan fingerprint density at radius 1 is 1.35 bits per heavy atom. The number of nitrogens with one attached hydrogen (secondary N) is 1. The minimum Gasteiger partial charge on any atom is -0.376 e. The molecule has 0 fully saturated rings. The van der Waals surface area contributed by atoms with E-state index in [2.05, 4.69) is 43.1 Å². The van der Waals surface area contributed by atoms with Crippen molar-refractivity contribution in [3.8, 4) is 11.5 Å². The van der Waals surface area contributed by atoms with Crippen LogP contribution in [0, 0.1) is 0 Å². The lowest BCUT2D eigenvalue weighted by Gasteiger charge is -2.19. The lowest BCUT2D eigenvalue weighted by Crippen LogP contribution is -2.17. The van der Waals surface area contributed by atoms with Gasteiger partial charge in [0.1, 0.15) is 11.5 Å². The molecule has 0 bridgehead atoms. The van der Waals surface area contributed by atoms with Crippen molar-refractivity contribution in [3.63, 3.8) is 0 Å². The Morgan fingerprint density at radius 2 is 2.25 bits per heavy atom. The van der Waals surface area contributed by atoms with Crippen molar-refractivity contribution in [3.05, 3.63) is 34.1 Å². The van der Waals surface area contributed by atoms with E-state index in [1.165, 1.54) is 0 Å². The van der Waals surface area contributed by atoms with Crippen LogP contribution >= 0.6 is 15.9 Å². The molecule has 1 aliphatic heterocycles. The average molecular weight is 335 g/mol. The second-order valence-electron chi connectivity index (χ2n) is 4.52. The van der Waals surface area contributed by atoms with E-state index in [1.54, 1.807) is 6.20 Å². The van der Waals surface area contributed by atoms with Gasteiger partial charge in [-0.1, -0.05) is 0 Å². The molecule has 1 N–H and O–H groups in total. The molecule has 6 heteroatoms. The molecule has 3 heterocycles. The molecule has 0 atom stereocenters. The molecule has 0 amide bonds. The second kappa shape index (κ2) is 5.85. The van der Waals surface area contributed by atoms with Gasteiger partial charge in [-0.15, -0.1) is 0 Å². The third-order valence-electron chi connectivity index (χ3n) is 3.12. The topological polar surface area (TPSA) is 59.9 Å². The van der Waals surface area contributed by atoms with Crippen molar-refractivity contribution in [1.82, 2.24) is 15.0 Å². The Kier molecular flexibility index (Phi) is 3.93. The van der Waals surface area contributed by atoms with Gasteiger partial charge in [0, 0.05) is 29.2 Å². The Bertz CT molecular complexity index is 615. The van der Waals surface area contributed by atoms with Gasteiger partial charge in [0.15, 0.2) is 5.82 Å². The molecule has 0 aliphatic carbocycles. The van der Waals surface area contributed by atoms with Crippen LogP contribution in [0.4, 0.5) is 5.82 Å². The smallest absolute Gasteiger partial charge is 0.180 e.